The highest BCUT2D eigenvalue weighted by Crippen LogP contribution is 2.28. The minimum Gasteiger partial charge on any atom is -0.383 e. The molecule has 0 aliphatic heterocycles. The molecule has 2 rings (SSSR count). The van der Waals surface area contributed by atoms with Crippen LogP contribution in [0, 0.1) is 17.0 Å². The molecule has 7 heteroatoms. The fourth-order valence-corrected chi connectivity index (χ4v) is 1.98. The molecule has 6 nitrogen and oxygen atoms in total. The fraction of sp³-hybridized carbons (Fsp3) is 0.250. The van der Waals surface area contributed by atoms with Crippen molar-refractivity contribution in [2.45, 2.75) is 19.9 Å². The molecule has 0 amide bonds. The predicted molar refractivity (Wildman–Crippen MR) is 73.3 cm³/mol. The van der Waals surface area contributed by atoms with Gasteiger partial charge in [0.15, 0.2) is 0 Å². The second kappa shape index (κ2) is 4.89. The highest BCUT2D eigenvalue weighted by molar-refractivity contribution is 6.33. The number of non-ortho nitro benzene ring substituents is 1. The van der Waals surface area contributed by atoms with Gasteiger partial charge in [-0.3, -0.25) is 10.1 Å². The summed E-state index contributed by atoms with van der Waals surface area (Å²) in [7, 11) is 0. The molecule has 2 N–H and O–H groups in total. The standard InChI is InChI=1S/C12H13ClN4O2/c1-7-11(13)12(14)16(15-7)8(2)9-3-5-10(6-4-9)17(18)19/h3-6,8H,14H2,1-2H3. The van der Waals surface area contributed by atoms with E-state index >= 15 is 0 Å². The van der Waals surface area contributed by atoms with Crippen molar-refractivity contribution in [1.29, 1.82) is 0 Å². The van der Waals surface area contributed by atoms with Crippen LogP contribution in [0.3, 0.4) is 0 Å². The van der Waals surface area contributed by atoms with E-state index < -0.39 is 4.92 Å². The lowest BCUT2D eigenvalue weighted by molar-refractivity contribution is -0.384. The van der Waals surface area contributed by atoms with Crippen LogP contribution in [0.4, 0.5) is 11.5 Å². The van der Waals surface area contributed by atoms with Crippen LogP contribution in [0.1, 0.15) is 24.2 Å². The lowest BCUT2D eigenvalue weighted by atomic mass is 10.1. The van der Waals surface area contributed by atoms with Crippen molar-refractivity contribution in [2.75, 3.05) is 5.73 Å². The largest absolute Gasteiger partial charge is 0.383 e. The van der Waals surface area contributed by atoms with Crippen molar-refractivity contribution in [3.05, 3.63) is 50.7 Å². The molecule has 0 radical (unpaired) electrons. The Hall–Kier alpha value is -2.08. The van der Waals surface area contributed by atoms with Gasteiger partial charge in [0.25, 0.3) is 5.69 Å². The first-order valence-electron chi connectivity index (χ1n) is 5.66. The Labute approximate surface area is 114 Å². The Morgan fingerprint density at radius 3 is 2.42 bits per heavy atom. The maximum atomic E-state index is 10.6. The molecule has 1 aromatic heterocycles. The highest BCUT2D eigenvalue weighted by Gasteiger charge is 2.17. The van der Waals surface area contributed by atoms with Crippen molar-refractivity contribution < 1.29 is 4.92 Å². The first-order chi connectivity index (χ1) is 8.91. The number of rotatable bonds is 3. The van der Waals surface area contributed by atoms with Gasteiger partial charge in [0.05, 0.1) is 16.7 Å². The van der Waals surface area contributed by atoms with Crippen molar-refractivity contribution in [3.8, 4) is 0 Å². The van der Waals surface area contributed by atoms with Crippen molar-refractivity contribution in [1.82, 2.24) is 9.78 Å². The van der Waals surface area contributed by atoms with E-state index in [4.69, 9.17) is 17.3 Å². The third-order valence-electron chi connectivity index (χ3n) is 3.00. The van der Waals surface area contributed by atoms with E-state index in [1.54, 1.807) is 23.7 Å². The normalized spacial score (nSPS) is 12.4. The van der Waals surface area contributed by atoms with E-state index in [1.165, 1.54) is 12.1 Å². The number of nitrogens with two attached hydrogens (primary N) is 1. The number of nitro groups is 1. The summed E-state index contributed by atoms with van der Waals surface area (Å²) in [6, 6.07) is 6.15. The molecular weight excluding hydrogens is 268 g/mol. The Morgan fingerprint density at radius 2 is 2.00 bits per heavy atom. The summed E-state index contributed by atoms with van der Waals surface area (Å²) >= 11 is 6.00. The molecule has 1 aromatic carbocycles. The molecule has 0 spiro atoms. The summed E-state index contributed by atoms with van der Waals surface area (Å²) in [6.07, 6.45) is 0. The third kappa shape index (κ3) is 2.39. The number of nitrogen functional groups attached to an aromatic ring is 1. The minimum absolute atomic E-state index is 0.0543. The van der Waals surface area contributed by atoms with E-state index in [0.29, 0.717) is 16.5 Å². The lowest BCUT2D eigenvalue weighted by Gasteiger charge is -2.14. The van der Waals surface area contributed by atoms with E-state index in [1.807, 2.05) is 6.92 Å². The van der Waals surface area contributed by atoms with Gasteiger partial charge in [0, 0.05) is 12.1 Å². The molecule has 0 saturated carbocycles. The number of hydrogen-bond acceptors (Lipinski definition) is 4. The van der Waals surface area contributed by atoms with Crippen molar-refractivity contribution >= 4 is 23.1 Å². The van der Waals surface area contributed by atoms with Crippen molar-refractivity contribution in [2.24, 2.45) is 0 Å². The molecule has 0 saturated heterocycles. The third-order valence-corrected chi connectivity index (χ3v) is 3.47. The lowest BCUT2D eigenvalue weighted by Crippen LogP contribution is -2.11. The first kappa shape index (κ1) is 13.4. The number of halogens is 1. The molecule has 1 atom stereocenters. The van der Waals surface area contributed by atoms with Gasteiger partial charge < -0.3 is 5.73 Å². The Bertz CT molecular complexity index is 621. The summed E-state index contributed by atoms with van der Waals surface area (Å²) in [4.78, 5) is 10.2. The van der Waals surface area contributed by atoms with Crippen LogP contribution < -0.4 is 5.73 Å². The first-order valence-corrected chi connectivity index (χ1v) is 6.04. The average molecular weight is 281 g/mol. The van der Waals surface area contributed by atoms with Crippen LogP contribution in [0.2, 0.25) is 5.02 Å². The zero-order valence-corrected chi connectivity index (χ0v) is 11.3. The number of nitrogens with zero attached hydrogens (tertiary/aromatic N) is 3. The summed E-state index contributed by atoms with van der Waals surface area (Å²) < 4.78 is 1.61. The van der Waals surface area contributed by atoms with E-state index in [9.17, 15) is 10.1 Å². The highest BCUT2D eigenvalue weighted by atomic mass is 35.5. The quantitative estimate of drug-likeness (QED) is 0.691. The molecular formula is C12H13ClN4O2. The average Bonchev–Trinajstić information content (AvgIpc) is 2.66. The fourth-order valence-electron chi connectivity index (χ4n) is 1.86. The van der Waals surface area contributed by atoms with Gasteiger partial charge in [-0.05, 0) is 19.4 Å². The molecule has 19 heavy (non-hydrogen) atoms. The van der Waals surface area contributed by atoms with Gasteiger partial charge in [-0.1, -0.05) is 23.7 Å². The molecule has 0 aliphatic rings. The molecule has 100 valence electrons. The molecule has 0 bridgehead atoms. The van der Waals surface area contributed by atoms with Gasteiger partial charge >= 0.3 is 0 Å². The monoisotopic (exact) mass is 280 g/mol. The van der Waals surface area contributed by atoms with Gasteiger partial charge in [-0.2, -0.15) is 5.10 Å². The summed E-state index contributed by atoms with van der Waals surface area (Å²) in [5.41, 5.74) is 7.47. The van der Waals surface area contributed by atoms with Crippen LogP contribution in [0.15, 0.2) is 24.3 Å². The molecule has 1 heterocycles. The van der Waals surface area contributed by atoms with Gasteiger partial charge in [0.2, 0.25) is 0 Å². The second-order valence-electron chi connectivity index (χ2n) is 4.25. The van der Waals surface area contributed by atoms with E-state index in [0.717, 1.165) is 5.56 Å². The predicted octanol–water partition coefficient (Wildman–Crippen LogP) is 2.94. The Kier molecular flexibility index (Phi) is 3.44. The molecule has 1 unspecified atom stereocenters. The molecule has 0 aliphatic carbocycles. The Morgan fingerprint density at radius 1 is 1.42 bits per heavy atom. The van der Waals surface area contributed by atoms with E-state index in [2.05, 4.69) is 5.10 Å². The van der Waals surface area contributed by atoms with Crippen LogP contribution in [0.5, 0.6) is 0 Å². The number of aryl methyl sites for hydroxylation is 1. The zero-order chi connectivity index (χ0) is 14.2. The number of benzene rings is 1. The van der Waals surface area contributed by atoms with Crippen LogP contribution >= 0.6 is 11.6 Å². The maximum absolute atomic E-state index is 10.6. The van der Waals surface area contributed by atoms with Gasteiger partial charge in [0.1, 0.15) is 10.8 Å². The summed E-state index contributed by atoms with van der Waals surface area (Å²) in [6.45, 7) is 3.68. The zero-order valence-electron chi connectivity index (χ0n) is 10.5. The smallest absolute Gasteiger partial charge is 0.269 e. The Balaban J connectivity index is 2.35. The number of aromatic nitrogens is 2. The summed E-state index contributed by atoms with van der Waals surface area (Å²) in [5.74, 6) is 0.394. The minimum atomic E-state index is -0.433. The number of hydrogen-bond donors (Lipinski definition) is 1. The topological polar surface area (TPSA) is 87.0 Å². The second-order valence-corrected chi connectivity index (χ2v) is 4.63. The maximum Gasteiger partial charge on any atom is 0.269 e. The van der Waals surface area contributed by atoms with Crippen LogP contribution in [-0.2, 0) is 0 Å². The van der Waals surface area contributed by atoms with E-state index in [-0.39, 0.29) is 11.7 Å². The molecule has 0 fully saturated rings. The van der Waals surface area contributed by atoms with Crippen LogP contribution in [0.25, 0.3) is 0 Å². The summed E-state index contributed by atoms with van der Waals surface area (Å²) in [5, 5.41) is 15.3. The van der Waals surface area contributed by atoms with Gasteiger partial charge in [-0.25, -0.2) is 4.68 Å². The molecule has 2 aromatic rings. The SMILES string of the molecule is Cc1nn(C(C)c2ccc([N+](=O)[O-])cc2)c(N)c1Cl. The number of nitro benzene ring substituents is 1. The van der Waals surface area contributed by atoms with Crippen molar-refractivity contribution in [3.63, 3.8) is 0 Å². The van der Waals surface area contributed by atoms with Gasteiger partial charge in [-0.15, -0.1) is 0 Å². The van der Waals surface area contributed by atoms with Crippen LogP contribution in [-0.4, -0.2) is 14.7 Å². The number of anilines is 1.